The normalized spacial score (nSPS) is 18.3. The van der Waals surface area contributed by atoms with Crippen LogP contribution in [0.25, 0.3) is 0 Å². The van der Waals surface area contributed by atoms with Crippen LogP contribution in [0.1, 0.15) is 20.7 Å². The highest BCUT2D eigenvalue weighted by Crippen LogP contribution is 2.42. The minimum Gasteiger partial charge on any atom is -0.349 e. The Labute approximate surface area is 170 Å². The van der Waals surface area contributed by atoms with Crippen molar-refractivity contribution in [1.29, 1.82) is 0 Å². The Morgan fingerprint density at radius 2 is 1.00 bits per heavy atom. The molecule has 120 valence electrons. The fraction of sp³-hybridized carbons (Fsp3) is 0. The molecular formula is C16H6Br4N2O2. The van der Waals surface area contributed by atoms with Crippen LogP contribution in [-0.4, -0.2) is 11.6 Å². The molecule has 0 unspecified atom stereocenters. The lowest BCUT2D eigenvalue weighted by atomic mass is 10.1. The molecule has 0 radical (unpaired) electrons. The summed E-state index contributed by atoms with van der Waals surface area (Å²) in [6.07, 6.45) is 0. The van der Waals surface area contributed by atoms with Gasteiger partial charge in [-0.2, -0.15) is 0 Å². The van der Waals surface area contributed by atoms with E-state index < -0.39 is 0 Å². The molecule has 4 nitrogen and oxygen atoms in total. The first-order valence-electron chi connectivity index (χ1n) is 6.72. The molecule has 2 aromatic carbocycles. The van der Waals surface area contributed by atoms with Gasteiger partial charge in [0.1, 0.15) is 11.4 Å². The number of carbonyl (C=O) groups is 2. The van der Waals surface area contributed by atoms with E-state index in [1.165, 1.54) is 0 Å². The van der Waals surface area contributed by atoms with Gasteiger partial charge in [0.15, 0.2) is 0 Å². The maximum Gasteiger partial charge on any atom is 0.213 e. The van der Waals surface area contributed by atoms with Gasteiger partial charge >= 0.3 is 0 Å². The second-order valence-electron chi connectivity index (χ2n) is 5.28. The topological polar surface area (TPSA) is 58.2 Å². The third kappa shape index (κ3) is 2.42. The summed E-state index contributed by atoms with van der Waals surface area (Å²) in [6, 6.07) is 7.17. The Bertz CT molecular complexity index is 919. The number of anilines is 2. The molecule has 4 rings (SSSR count). The number of ketones is 2. The van der Waals surface area contributed by atoms with Crippen LogP contribution in [0, 0.1) is 0 Å². The van der Waals surface area contributed by atoms with Crippen molar-refractivity contribution in [2.24, 2.45) is 0 Å². The van der Waals surface area contributed by atoms with Crippen LogP contribution in [0.15, 0.2) is 53.6 Å². The maximum absolute atomic E-state index is 12.8. The average Bonchev–Trinajstić information content (AvgIpc) is 2.99. The Morgan fingerprint density at radius 1 is 0.625 bits per heavy atom. The SMILES string of the molecule is O=C1/C(=C2\Nc3c(Br)cc(Br)cc3C2=O)Nc2c(Br)cc(Br)cc21. The molecule has 2 N–H and O–H groups in total. The van der Waals surface area contributed by atoms with Crippen molar-refractivity contribution in [3.8, 4) is 0 Å². The van der Waals surface area contributed by atoms with Gasteiger partial charge in [-0.05, 0) is 56.1 Å². The molecule has 0 amide bonds. The summed E-state index contributed by atoms with van der Waals surface area (Å²) < 4.78 is 3.08. The molecule has 0 saturated carbocycles. The van der Waals surface area contributed by atoms with E-state index in [1.807, 2.05) is 12.1 Å². The first kappa shape index (κ1) is 16.5. The molecule has 24 heavy (non-hydrogen) atoms. The van der Waals surface area contributed by atoms with Gasteiger partial charge in [0, 0.05) is 29.0 Å². The van der Waals surface area contributed by atoms with Crippen molar-refractivity contribution < 1.29 is 9.59 Å². The minimum absolute atomic E-state index is 0.217. The van der Waals surface area contributed by atoms with E-state index in [9.17, 15) is 9.59 Å². The van der Waals surface area contributed by atoms with Gasteiger partial charge in [-0.25, -0.2) is 0 Å². The minimum atomic E-state index is -0.217. The van der Waals surface area contributed by atoms with Crippen LogP contribution in [0.2, 0.25) is 0 Å². The molecule has 2 aliphatic heterocycles. The average molecular weight is 578 g/mol. The summed E-state index contributed by atoms with van der Waals surface area (Å²) in [5, 5.41) is 6.15. The van der Waals surface area contributed by atoms with Gasteiger partial charge in [0.25, 0.3) is 0 Å². The van der Waals surface area contributed by atoms with Crippen LogP contribution in [0.5, 0.6) is 0 Å². The fourth-order valence-electron chi connectivity index (χ4n) is 2.74. The number of Topliss-reactive ketones (excluding diaryl/α,β-unsaturated/α-hetero) is 2. The van der Waals surface area contributed by atoms with Gasteiger partial charge in [-0.15, -0.1) is 0 Å². The highest BCUT2D eigenvalue weighted by Gasteiger charge is 2.36. The molecule has 8 heteroatoms. The summed E-state index contributed by atoms with van der Waals surface area (Å²) in [5.74, 6) is -0.434. The zero-order chi connectivity index (χ0) is 17.2. The quantitative estimate of drug-likeness (QED) is 0.385. The molecule has 0 saturated heterocycles. The Kier molecular flexibility index (Phi) is 3.98. The Balaban J connectivity index is 1.86. The molecule has 0 aliphatic carbocycles. The highest BCUT2D eigenvalue weighted by molar-refractivity contribution is 9.11. The lowest BCUT2D eigenvalue weighted by molar-refractivity contribution is 0.101. The Morgan fingerprint density at radius 3 is 1.38 bits per heavy atom. The fourth-order valence-corrected chi connectivity index (χ4v) is 5.39. The zero-order valence-corrected chi connectivity index (χ0v) is 18.0. The number of benzene rings is 2. The second-order valence-corrected chi connectivity index (χ2v) is 8.82. The van der Waals surface area contributed by atoms with Crippen molar-refractivity contribution in [2.75, 3.05) is 10.6 Å². The Hall–Kier alpha value is -0.960. The van der Waals surface area contributed by atoms with Crippen LogP contribution >= 0.6 is 63.7 Å². The maximum atomic E-state index is 12.8. The van der Waals surface area contributed by atoms with Crippen LogP contribution in [0.4, 0.5) is 11.4 Å². The molecule has 0 spiro atoms. The van der Waals surface area contributed by atoms with E-state index in [-0.39, 0.29) is 23.0 Å². The molecule has 0 fully saturated rings. The molecular weight excluding hydrogens is 572 g/mol. The number of halogens is 4. The highest BCUT2D eigenvalue weighted by atomic mass is 79.9. The van der Waals surface area contributed by atoms with Gasteiger partial charge < -0.3 is 10.6 Å². The molecule has 2 aromatic rings. The van der Waals surface area contributed by atoms with Gasteiger partial charge in [-0.1, -0.05) is 31.9 Å². The van der Waals surface area contributed by atoms with E-state index in [0.29, 0.717) is 22.5 Å². The smallest absolute Gasteiger partial charge is 0.213 e. The standard InChI is InChI=1S/C16H6Br4N2O2/c17-5-1-7-11(9(19)3-5)21-13(15(7)23)14-16(24)8-2-6(18)4-10(20)12(8)22-14/h1-4,21-22H/b14-13+. The number of carbonyl (C=O) groups excluding carboxylic acids is 2. The summed E-state index contributed by atoms with van der Waals surface area (Å²) in [6.45, 7) is 0. The summed E-state index contributed by atoms with van der Waals surface area (Å²) >= 11 is 13.6. The van der Waals surface area contributed by atoms with E-state index in [2.05, 4.69) is 74.4 Å². The second kappa shape index (κ2) is 5.79. The first-order chi connectivity index (χ1) is 11.4. The van der Waals surface area contributed by atoms with Crippen molar-refractivity contribution in [3.63, 3.8) is 0 Å². The van der Waals surface area contributed by atoms with E-state index >= 15 is 0 Å². The van der Waals surface area contributed by atoms with Crippen molar-refractivity contribution >= 4 is 86.7 Å². The molecule has 0 bridgehead atoms. The van der Waals surface area contributed by atoms with Crippen LogP contribution < -0.4 is 10.6 Å². The summed E-state index contributed by atoms with van der Waals surface area (Å²) in [4.78, 5) is 25.5. The number of hydrogen-bond acceptors (Lipinski definition) is 4. The van der Waals surface area contributed by atoms with E-state index in [1.54, 1.807) is 12.1 Å². The molecule has 0 aromatic heterocycles. The number of fused-ring (bicyclic) bond motifs is 2. The van der Waals surface area contributed by atoms with Crippen molar-refractivity contribution in [3.05, 3.63) is 64.7 Å². The third-order valence-corrected chi connectivity index (χ3v) is 5.97. The monoisotopic (exact) mass is 574 g/mol. The number of nitrogens with one attached hydrogen (secondary N) is 2. The molecule has 2 heterocycles. The third-order valence-electron chi connectivity index (χ3n) is 3.80. The van der Waals surface area contributed by atoms with Crippen molar-refractivity contribution in [2.45, 2.75) is 0 Å². The van der Waals surface area contributed by atoms with Crippen molar-refractivity contribution in [1.82, 2.24) is 0 Å². The molecule has 2 aliphatic rings. The van der Waals surface area contributed by atoms with E-state index in [0.717, 1.165) is 17.9 Å². The van der Waals surface area contributed by atoms with Gasteiger partial charge in [0.05, 0.1) is 11.4 Å². The summed E-state index contributed by atoms with van der Waals surface area (Å²) in [7, 11) is 0. The summed E-state index contributed by atoms with van der Waals surface area (Å²) in [5.41, 5.74) is 2.88. The van der Waals surface area contributed by atoms with E-state index in [4.69, 9.17) is 0 Å². The van der Waals surface area contributed by atoms with Gasteiger partial charge in [-0.3, -0.25) is 9.59 Å². The lowest BCUT2D eigenvalue weighted by Gasteiger charge is -2.05. The lowest BCUT2D eigenvalue weighted by Crippen LogP contribution is -2.13. The largest absolute Gasteiger partial charge is 0.349 e. The molecule has 0 atom stereocenters. The predicted octanol–water partition coefficient (Wildman–Crippen LogP) is 5.86. The zero-order valence-electron chi connectivity index (χ0n) is 11.6. The van der Waals surface area contributed by atoms with Crippen LogP contribution in [0.3, 0.4) is 0 Å². The predicted molar refractivity (Wildman–Crippen MR) is 107 cm³/mol. The van der Waals surface area contributed by atoms with Gasteiger partial charge in [0.2, 0.25) is 11.6 Å². The number of hydrogen-bond donors (Lipinski definition) is 2. The number of rotatable bonds is 0. The number of allylic oxidation sites excluding steroid dienone is 2. The van der Waals surface area contributed by atoms with Crippen LogP contribution in [-0.2, 0) is 0 Å². The first-order valence-corrected chi connectivity index (χ1v) is 9.90.